The van der Waals surface area contributed by atoms with E-state index in [0.29, 0.717) is 6.08 Å². The summed E-state index contributed by atoms with van der Waals surface area (Å²) < 4.78 is 43.4. The normalized spacial score (nSPS) is 13.3. The Morgan fingerprint density at radius 3 is 2.11 bits per heavy atom. The van der Waals surface area contributed by atoms with Gasteiger partial charge in [0.1, 0.15) is 0 Å². The third kappa shape index (κ3) is 5.29. The molecule has 0 aliphatic carbocycles. The fourth-order valence-electron chi connectivity index (χ4n) is 1.30. The van der Waals surface area contributed by atoms with Gasteiger partial charge in [0, 0.05) is 11.6 Å². The van der Waals surface area contributed by atoms with E-state index in [0.717, 1.165) is 0 Å². The molecule has 1 aromatic rings. The number of alkyl halides is 3. The van der Waals surface area contributed by atoms with Crippen LogP contribution in [0.1, 0.15) is 10.4 Å². The van der Waals surface area contributed by atoms with Crippen LogP contribution in [-0.2, 0) is 4.43 Å². The van der Waals surface area contributed by atoms with Gasteiger partial charge in [0.25, 0.3) is 0 Å². The van der Waals surface area contributed by atoms with E-state index in [4.69, 9.17) is 4.43 Å². The van der Waals surface area contributed by atoms with Gasteiger partial charge < -0.3 is 4.43 Å². The first-order chi connectivity index (χ1) is 8.59. The van der Waals surface area contributed by atoms with Gasteiger partial charge in [-0.3, -0.25) is 4.79 Å². The van der Waals surface area contributed by atoms with Gasteiger partial charge in [-0.2, -0.15) is 13.2 Å². The van der Waals surface area contributed by atoms with Crippen molar-refractivity contribution in [1.29, 1.82) is 0 Å². The Hall–Kier alpha value is -1.56. The lowest BCUT2D eigenvalue weighted by Gasteiger charge is -2.23. The van der Waals surface area contributed by atoms with Crippen LogP contribution in [0.2, 0.25) is 19.6 Å². The molecular formula is C13H15F3O2Si. The summed E-state index contributed by atoms with van der Waals surface area (Å²) in [5, 5.41) is 0. The van der Waals surface area contributed by atoms with Gasteiger partial charge in [-0.15, -0.1) is 0 Å². The summed E-state index contributed by atoms with van der Waals surface area (Å²) in [6.45, 7) is 4.87. The van der Waals surface area contributed by atoms with E-state index in [1.807, 2.05) is 0 Å². The molecule has 0 spiro atoms. The number of benzene rings is 1. The van der Waals surface area contributed by atoms with Crippen LogP contribution in [0, 0.1) is 0 Å². The molecule has 0 aliphatic rings. The molecule has 0 heterocycles. The number of rotatable bonds is 4. The first-order valence-electron chi connectivity index (χ1n) is 5.67. The van der Waals surface area contributed by atoms with Crippen LogP contribution in [0.4, 0.5) is 13.2 Å². The van der Waals surface area contributed by atoms with Gasteiger partial charge in [0.05, 0.1) is 0 Å². The van der Waals surface area contributed by atoms with E-state index in [9.17, 15) is 18.0 Å². The van der Waals surface area contributed by atoms with Crippen molar-refractivity contribution in [2.24, 2.45) is 0 Å². The molecule has 0 atom stereocenters. The van der Waals surface area contributed by atoms with E-state index in [-0.39, 0.29) is 5.56 Å². The monoisotopic (exact) mass is 288 g/mol. The molecule has 2 nitrogen and oxygen atoms in total. The van der Waals surface area contributed by atoms with Crippen LogP contribution < -0.4 is 0 Å². The Kier molecular flexibility index (Phi) is 4.57. The van der Waals surface area contributed by atoms with Crippen LogP contribution in [0.5, 0.6) is 0 Å². The number of carbonyl (C=O) groups excluding carboxylic acids is 1. The Bertz CT molecular complexity index is 473. The molecule has 1 rings (SSSR count). The largest absolute Gasteiger partial charge is 0.541 e. The summed E-state index contributed by atoms with van der Waals surface area (Å²) in [4.78, 5) is 11.7. The summed E-state index contributed by atoms with van der Waals surface area (Å²) in [6, 6.07) is 7.79. The molecule has 0 saturated carbocycles. The zero-order valence-corrected chi connectivity index (χ0v) is 11.9. The molecule has 0 fully saturated rings. The minimum atomic E-state index is -4.66. The van der Waals surface area contributed by atoms with Crippen LogP contribution in [0.15, 0.2) is 42.2 Å². The number of hydrogen-bond acceptors (Lipinski definition) is 2. The summed E-state index contributed by atoms with van der Waals surface area (Å²) in [6.07, 6.45) is -4.14. The molecular weight excluding hydrogens is 273 g/mol. The van der Waals surface area contributed by atoms with Crippen molar-refractivity contribution in [2.75, 3.05) is 0 Å². The second-order valence-corrected chi connectivity index (χ2v) is 9.38. The minimum absolute atomic E-state index is 0.198. The number of allylic oxidation sites excluding steroid dienone is 2. The highest BCUT2D eigenvalue weighted by Gasteiger charge is 2.39. The molecule has 19 heavy (non-hydrogen) atoms. The van der Waals surface area contributed by atoms with Crippen molar-refractivity contribution in [1.82, 2.24) is 0 Å². The van der Waals surface area contributed by atoms with Crippen molar-refractivity contribution in [3.8, 4) is 0 Å². The second-order valence-electron chi connectivity index (χ2n) is 4.95. The lowest BCUT2D eigenvalue weighted by Crippen LogP contribution is -2.30. The zero-order chi connectivity index (χ0) is 14.7. The van der Waals surface area contributed by atoms with Crippen molar-refractivity contribution in [2.45, 2.75) is 25.8 Å². The van der Waals surface area contributed by atoms with Crippen LogP contribution >= 0.6 is 0 Å². The SMILES string of the molecule is C[Si](C)(C)O/C(=C/C(=O)c1ccccc1)C(F)(F)F. The molecule has 0 N–H and O–H groups in total. The first-order valence-corrected chi connectivity index (χ1v) is 9.08. The number of carbonyl (C=O) groups is 1. The van der Waals surface area contributed by atoms with E-state index in [1.165, 1.54) is 12.1 Å². The Labute approximate surface area is 111 Å². The van der Waals surface area contributed by atoms with Gasteiger partial charge in [-0.05, 0) is 19.6 Å². The van der Waals surface area contributed by atoms with Gasteiger partial charge >= 0.3 is 6.18 Å². The van der Waals surface area contributed by atoms with Crippen molar-refractivity contribution in [3.05, 3.63) is 47.7 Å². The van der Waals surface area contributed by atoms with Crippen molar-refractivity contribution in [3.63, 3.8) is 0 Å². The lowest BCUT2D eigenvalue weighted by molar-refractivity contribution is -0.117. The zero-order valence-electron chi connectivity index (χ0n) is 10.9. The van der Waals surface area contributed by atoms with Crippen molar-refractivity contribution < 1.29 is 22.4 Å². The third-order valence-electron chi connectivity index (χ3n) is 2.02. The number of hydrogen-bond donors (Lipinski definition) is 0. The fourth-order valence-corrected chi connectivity index (χ4v) is 2.14. The van der Waals surface area contributed by atoms with E-state index >= 15 is 0 Å². The topological polar surface area (TPSA) is 26.3 Å². The molecule has 6 heteroatoms. The summed E-state index contributed by atoms with van der Waals surface area (Å²) in [7, 11) is -2.44. The predicted octanol–water partition coefficient (Wildman–Crippen LogP) is 4.17. The predicted molar refractivity (Wildman–Crippen MR) is 69.3 cm³/mol. The first kappa shape index (κ1) is 15.5. The van der Waals surface area contributed by atoms with Gasteiger partial charge in [0.15, 0.2) is 11.5 Å². The third-order valence-corrected chi connectivity index (χ3v) is 2.85. The maximum atomic E-state index is 12.8. The molecule has 0 unspecified atom stereocenters. The maximum absolute atomic E-state index is 12.8. The van der Waals surface area contributed by atoms with Crippen LogP contribution in [0.3, 0.4) is 0 Å². The molecule has 104 valence electrons. The Balaban J connectivity index is 3.05. The number of ketones is 1. The molecule has 1 aromatic carbocycles. The number of halogens is 3. The molecule has 0 bridgehead atoms. The lowest BCUT2D eigenvalue weighted by atomic mass is 10.1. The Morgan fingerprint density at radius 1 is 1.16 bits per heavy atom. The average Bonchev–Trinajstić information content (AvgIpc) is 2.26. The molecule has 0 aromatic heterocycles. The van der Waals surface area contributed by atoms with E-state index in [1.54, 1.807) is 37.8 Å². The second kappa shape index (κ2) is 5.60. The van der Waals surface area contributed by atoms with Gasteiger partial charge in [0.2, 0.25) is 8.32 Å². The molecule has 0 radical (unpaired) electrons. The van der Waals surface area contributed by atoms with Crippen LogP contribution in [0.25, 0.3) is 0 Å². The quantitative estimate of drug-likeness (QED) is 0.360. The van der Waals surface area contributed by atoms with Gasteiger partial charge in [-0.25, -0.2) is 0 Å². The highest BCUT2D eigenvalue weighted by Crippen LogP contribution is 2.29. The molecule has 0 saturated heterocycles. The van der Waals surface area contributed by atoms with Gasteiger partial charge in [-0.1, -0.05) is 30.3 Å². The minimum Gasteiger partial charge on any atom is -0.541 e. The fraction of sp³-hybridized carbons (Fsp3) is 0.308. The summed E-state index contributed by atoms with van der Waals surface area (Å²) in [5.41, 5.74) is 0.198. The summed E-state index contributed by atoms with van der Waals surface area (Å²) >= 11 is 0. The Morgan fingerprint density at radius 2 is 1.68 bits per heavy atom. The molecule has 0 amide bonds. The van der Waals surface area contributed by atoms with E-state index in [2.05, 4.69) is 0 Å². The smallest absolute Gasteiger partial charge is 0.447 e. The maximum Gasteiger partial charge on any atom is 0.447 e. The van der Waals surface area contributed by atoms with Crippen LogP contribution in [-0.4, -0.2) is 20.3 Å². The molecule has 0 aliphatic heterocycles. The van der Waals surface area contributed by atoms with E-state index < -0.39 is 26.0 Å². The highest BCUT2D eigenvalue weighted by molar-refractivity contribution is 6.70. The standard InChI is InChI=1S/C13H15F3O2Si/c1-19(2,3)18-12(13(14,15)16)9-11(17)10-7-5-4-6-8-10/h4-9H,1-3H3/b12-9+. The summed E-state index contributed by atoms with van der Waals surface area (Å²) in [5.74, 6) is -1.94. The highest BCUT2D eigenvalue weighted by atomic mass is 28.4. The van der Waals surface area contributed by atoms with Crippen molar-refractivity contribution >= 4 is 14.1 Å². The average molecular weight is 288 g/mol.